The summed E-state index contributed by atoms with van der Waals surface area (Å²) < 4.78 is 25.4. The van der Waals surface area contributed by atoms with Crippen LogP contribution in [0, 0.1) is 0 Å². The van der Waals surface area contributed by atoms with Gasteiger partial charge in [-0.3, -0.25) is 9.69 Å². The number of rotatable bonds is 9. The molecule has 0 bridgehead atoms. The van der Waals surface area contributed by atoms with Gasteiger partial charge in [-0.1, -0.05) is 12.1 Å². The number of hydrogen-bond donors (Lipinski definition) is 1. The van der Waals surface area contributed by atoms with E-state index < -0.39 is 10.0 Å². The van der Waals surface area contributed by atoms with Gasteiger partial charge in [-0.05, 0) is 51.7 Å². The summed E-state index contributed by atoms with van der Waals surface area (Å²) in [4.78, 5) is 16.5. The quantitative estimate of drug-likeness (QED) is 0.626. The molecule has 1 aromatic rings. The lowest BCUT2D eigenvalue weighted by molar-refractivity contribution is 0.0952. The number of carbonyl (C=O) groups excluding carboxylic acids is 1. The van der Waals surface area contributed by atoms with Gasteiger partial charge >= 0.3 is 0 Å². The molecule has 152 valence electrons. The zero-order chi connectivity index (χ0) is 19.9. The molecule has 0 atom stereocenters. The maximum absolute atomic E-state index is 12.2. The van der Waals surface area contributed by atoms with Crippen LogP contribution in [0.25, 0.3) is 0 Å². The van der Waals surface area contributed by atoms with E-state index in [2.05, 4.69) is 15.1 Å². The highest BCUT2D eigenvalue weighted by Crippen LogP contribution is 2.12. The van der Waals surface area contributed by atoms with Crippen LogP contribution in [0.3, 0.4) is 0 Å². The van der Waals surface area contributed by atoms with Gasteiger partial charge in [0.1, 0.15) is 0 Å². The highest BCUT2D eigenvalue weighted by Gasteiger charge is 2.25. The van der Waals surface area contributed by atoms with Gasteiger partial charge in [0.2, 0.25) is 10.0 Å². The van der Waals surface area contributed by atoms with Crippen molar-refractivity contribution in [1.82, 2.24) is 19.4 Å². The molecule has 0 spiro atoms. The second-order valence-electron chi connectivity index (χ2n) is 7.19. The Morgan fingerprint density at radius 2 is 1.74 bits per heavy atom. The van der Waals surface area contributed by atoms with E-state index in [4.69, 9.17) is 0 Å². The summed E-state index contributed by atoms with van der Waals surface area (Å²) in [6, 6.07) is 7.66. The molecule has 27 heavy (non-hydrogen) atoms. The number of hydrogen-bond acceptors (Lipinski definition) is 5. The second-order valence-corrected chi connectivity index (χ2v) is 9.44. The third-order valence-corrected chi connectivity index (χ3v) is 6.66. The van der Waals surface area contributed by atoms with Crippen molar-refractivity contribution in [3.63, 3.8) is 0 Å². The van der Waals surface area contributed by atoms with Crippen LogP contribution in [0.1, 0.15) is 29.3 Å². The van der Waals surface area contributed by atoms with Gasteiger partial charge in [-0.15, -0.1) is 0 Å². The lowest BCUT2D eigenvalue weighted by Gasteiger charge is -2.33. The molecule has 0 aromatic heterocycles. The van der Waals surface area contributed by atoms with Crippen LogP contribution in [0.4, 0.5) is 0 Å². The van der Waals surface area contributed by atoms with E-state index in [0.717, 1.165) is 38.2 Å². The molecular weight excluding hydrogens is 364 g/mol. The molecule has 1 saturated heterocycles. The maximum Gasteiger partial charge on any atom is 0.251 e. The number of benzene rings is 1. The molecule has 1 N–H and O–H groups in total. The first kappa shape index (κ1) is 21.8. The van der Waals surface area contributed by atoms with Gasteiger partial charge in [-0.25, -0.2) is 8.42 Å². The Bertz CT molecular complexity index is 696. The minimum Gasteiger partial charge on any atom is -0.352 e. The Hall–Kier alpha value is -1.48. The fourth-order valence-electron chi connectivity index (χ4n) is 3.07. The molecule has 1 amide bonds. The Labute approximate surface area is 163 Å². The average Bonchev–Trinajstić information content (AvgIpc) is 2.66. The summed E-state index contributed by atoms with van der Waals surface area (Å²) in [5, 5.41) is 2.94. The molecule has 1 aromatic carbocycles. The lowest BCUT2D eigenvalue weighted by Crippen LogP contribution is -2.48. The zero-order valence-corrected chi connectivity index (χ0v) is 17.5. The molecule has 0 radical (unpaired) electrons. The van der Waals surface area contributed by atoms with E-state index in [1.165, 1.54) is 0 Å². The van der Waals surface area contributed by atoms with Crippen molar-refractivity contribution < 1.29 is 13.2 Å². The fourth-order valence-corrected chi connectivity index (χ4v) is 4.15. The van der Waals surface area contributed by atoms with Crippen molar-refractivity contribution in [3.05, 3.63) is 35.4 Å². The molecule has 0 unspecified atom stereocenters. The smallest absolute Gasteiger partial charge is 0.251 e. The Balaban J connectivity index is 1.78. The van der Waals surface area contributed by atoms with Crippen molar-refractivity contribution in [1.29, 1.82) is 0 Å². The summed E-state index contributed by atoms with van der Waals surface area (Å²) in [6.45, 7) is 6.62. The highest BCUT2D eigenvalue weighted by molar-refractivity contribution is 7.89. The van der Waals surface area contributed by atoms with Crippen LogP contribution in [-0.2, 0) is 16.6 Å². The monoisotopic (exact) mass is 396 g/mol. The highest BCUT2D eigenvalue weighted by atomic mass is 32.2. The van der Waals surface area contributed by atoms with Gasteiger partial charge in [0.15, 0.2) is 0 Å². The molecule has 7 nitrogen and oxygen atoms in total. The van der Waals surface area contributed by atoms with Crippen molar-refractivity contribution in [2.45, 2.75) is 19.9 Å². The molecule has 1 fully saturated rings. The molecule has 0 saturated carbocycles. The van der Waals surface area contributed by atoms with E-state index >= 15 is 0 Å². The van der Waals surface area contributed by atoms with Crippen molar-refractivity contribution >= 4 is 15.9 Å². The topological polar surface area (TPSA) is 73.0 Å². The summed E-state index contributed by atoms with van der Waals surface area (Å²) in [5.74, 6) is 0.116. The van der Waals surface area contributed by atoms with Crippen LogP contribution >= 0.6 is 0 Å². The predicted molar refractivity (Wildman–Crippen MR) is 108 cm³/mol. The van der Waals surface area contributed by atoms with Gasteiger partial charge in [0, 0.05) is 44.8 Å². The van der Waals surface area contributed by atoms with Crippen LogP contribution in [0.5, 0.6) is 0 Å². The predicted octanol–water partition coefficient (Wildman–Crippen LogP) is 0.835. The van der Waals surface area contributed by atoms with Crippen LogP contribution in [0.2, 0.25) is 0 Å². The van der Waals surface area contributed by atoms with Gasteiger partial charge in [-0.2, -0.15) is 4.31 Å². The fraction of sp³-hybridized carbons (Fsp3) is 0.632. The Morgan fingerprint density at radius 1 is 1.11 bits per heavy atom. The molecule has 0 aliphatic carbocycles. The van der Waals surface area contributed by atoms with Crippen LogP contribution in [-0.4, -0.2) is 87.5 Å². The van der Waals surface area contributed by atoms with Crippen molar-refractivity contribution in [2.24, 2.45) is 0 Å². The van der Waals surface area contributed by atoms with Crippen LogP contribution in [0.15, 0.2) is 24.3 Å². The van der Waals surface area contributed by atoms with Gasteiger partial charge in [0.25, 0.3) is 5.91 Å². The third kappa shape index (κ3) is 6.88. The van der Waals surface area contributed by atoms with Crippen molar-refractivity contribution in [2.75, 3.05) is 59.1 Å². The first-order chi connectivity index (χ1) is 12.8. The van der Waals surface area contributed by atoms with Gasteiger partial charge in [0.05, 0.1) is 5.75 Å². The number of piperazine rings is 1. The normalized spacial score (nSPS) is 16.6. The number of sulfonamides is 1. The third-order valence-electron chi connectivity index (χ3n) is 4.78. The lowest BCUT2D eigenvalue weighted by atomic mass is 10.1. The number of nitrogens with one attached hydrogen (secondary N) is 1. The summed E-state index contributed by atoms with van der Waals surface area (Å²) in [5.41, 5.74) is 1.80. The van der Waals surface area contributed by atoms with E-state index in [0.29, 0.717) is 25.2 Å². The number of nitrogens with zero attached hydrogens (tertiary/aromatic N) is 3. The summed E-state index contributed by atoms with van der Waals surface area (Å²) in [6.07, 6.45) is 0.927. The minimum atomic E-state index is -3.09. The minimum absolute atomic E-state index is 0.0429. The first-order valence-corrected chi connectivity index (χ1v) is 11.1. The summed E-state index contributed by atoms with van der Waals surface area (Å²) >= 11 is 0. The second kappa shape index (κ2) is 10.2. The number of amides is 1. The molecule has 1 heterocycles. The van der Waals surface area contributed by atoms with E-state index in [-0.39, 0.29) is 11.7 Å². The molecular formula is C19H32N4O3S. The Kier molecular flexibility index (Phi) is 8.22. The first-order valence-electron chi connectivity index (χ1n) is 9.54. The maximum atomic E-state index is 12.2. The van der Waals surface area contributed by atoms with E-state index in [1.54, 1.807) is 11.2 Å². The summed E-state index contributed by atoms with van der Waals surface area (Å²) in [7, 11) is 0.946. The van der Waals surface area contributed by atoms with Crippen LogP contribution < -0.4 is 5.32 Å². The molecule has 1 aliphatic heterocycles. The van der Waals surface area contributed by atoms with E-state index in [1.807, 2.05) is 38.4 Å². The molecule has 2 rings (SSSR count). The molecule has 8 heteroatoms. The standard InChI is InChI=1S/C19H32N4O3S/c1-4-27(25,26)23-14-12-22(13-15-23)16-17-6-8-18(9-7-17)19(24)20-10-5-11-21(2)3/h6-9H,4-5,10-16H2,1-3H3,(H,20,24). The zero-order valence-electron chi connectivity index (χ0n) is 16.6. The largest absolute Gasteiger partial charge is 0.352 e. The Morgan fingerprint density at radius 3 is 2.30 bits per heavy atom. The van der Waals surface area contributed by atoms with Crippen molar-refractivity contribution in [3.8, 4) is 0 Å². The number of carbonyl (C=O) groups is 1. The van der Waals surface area contributed by atoms with E-state index in [9.17, 15) is 13.2 Å². The van der Waals surface area contributed by atoms with Gasteiger partial charge < -0.3 is 10.2 Å². The molecule has 1 aliphatic rings. The average molecular weight is 397 g/mol. The SMILES string of the molecule is CCS(=O)(=O)N1CCN(Cc2ccc(C(=O)NCCCN(C)C)cc2)CC1.